The van der Waals surface area contributed by atoms with Crippen LogP contribution < -0.4 is 15.4 Å². The summed E-state index contributed by atoms with van der Waals surface area (Å²) in [5.41, 5.74) is 3.08. The number of ether oxygens (including phenoxy) is 2. The minimum atomic E-state index is -1.61. The fraction of sp³-hybridized carbons (Fsp3) is 0.510. The van der Waals surface area contributed by atoms with Crippen molar-refractivity contribution in [2.75, 3.05) is 25.5 Å². The van der Waals surface area contributed by atoms with Crippen LogP contribution in [0.25, 0.3) is 0 Å². The van der Waals surface area contributed by atoms with E-state index < -0.39 is 59.7 Å². The highest BCUT2D eigenvalue weighted by molar-refractivity contribution is 5.89. The lowest BCUT2D eigenvalue weighted by molar-refractivity contribution is -0.212. The Morgan fingerprint density at radius 3 is 2.44 bits per heavy atom. The molecule has 7 N–H and O–H groups in total. The van der Waals surface area contributed by atoms with Gasteiger partial charge in [0.25, 0.3) is 0 Å². The highest BCUT2D eigenvalue weighted by Gasteiger charge is 2.59. The molecular formula is C51H60N2O10. The molecule has 334 valence electrons. The number of ketones is 1. The van der Waals surface area contributed by atoms with Gasteiger partial charge in [0.05, 0.1) is 30.7 Å². The quantitative estimate of drug-likeness (QED) is 0.0877. The fourth-order valence-corrected chi connectivity index (χ4v) is 11.2. The number of anilines is 1. The molecule has 12 heteroatoms. The number of carbonyl (C=O) groups excluding carboxylic acids is 3. The molecule has 0 spiro atoms. The number of aliphatic hydroxyl groups excluding tert-OH is 3. The van der Waals surface area contributed by atoms with Crippen LogP contribution >= 0.6 is 0 Å². The molecule has 3 aromatic rings. The summed E-state index contributed by atoms with van der Waals surface area (Å²) in [5, 5.41) is 64.7. The molecule has 0 aromatic heterocycles. The number of Topliss-reactive ketones (excluding diaryl/α,β-unsaturated/α-hetero) is 1. The molecule has 12 nitrogen and oxygen atoms in total. The second kappa shape index (κ2) is 18.6. The number of rotatable bonds is 8. The van der Waals surface area contributed by atoms with Crippen molar-refractivity contribution < 1.29 is 49.4 Å². The number of likely N-dealkylation sites (N-methyl/N-ethyl adjacent to an activating group) is 1. The Labute approximate surface area is 369 Å². The lowest BCUT2D eigenvalue weighted by Gasteiger charge is -2.56. The van der Waals surface area contributed by atoms with Gasteiger partial charge in [-0.15, -0.1) is 0 Å². The predicted octanol–water partition coefficient (Wildman–Crippen LogP) is 5.32. The summed E-state index contributed by atoms with van der Waals surface area (Å²) >= 11 is 0. The first-order valence-electron chi connectivity index (χ1n) is 22.6. The van der Waals surface area contributed by atoms with Crippen molar-refractivity contribution in [3.63, 3.8) is 0 Å². The molecule has 2 aliphatic carbocycles. The van der Waals surface area contributed by atoms with E-state index in [4.69, 9.17) is 9.47 Å². The number of phenolic OH excluding ortho intramolecular Hbond substituents is 1. The molecule has 3 heterocycles. The van der Waals surface area contributed by atoms with Gasteiger partial charge in [-0.05, 0) is 116 Å². The zero-order valence-electron chi connectivity index (χ0n) is 36.3. The minimum absolute atomic E-state index is 0.0534. The standard InChI is InChI=1S/C51H60N2O10/c1-4-37-10-11-40-42-16-30-7-5-6-29(14-30)15-39(55)21-36-17-31(33-18-34(46(58)27-52-3)20-38(19-33)53-26-28(2)54)8-9-32-24-49(59)62-47-25-45(57)35(22-41(32)47)23-48(63-50(36)60)51(37,61)43(40)12-13-44(42)56/h5-7,14,18-22,25,28,31-32,37,39-40,42-43,46,48,52-55,57-58,61H,4,10-13,15-17,23-24,26-27H2,1-3H3/b36-21-/t28-,31+,32+,37-,39-,40+,42-,43-,46-,48+,51-/m0/s1. The molecule has 2 fully saturated rings. The number of benzene rings is 3. The van der Waals surface area contributed by atoms with Crippen molar-refractivity contribution in [1.82, 2.24) is 5.32 Å². The van der Waals surface area contributed by atoms with E-state index in [9.17, 15) is 35.1 Å². The average Bonchev–Trinajstić information content (AvgIpc) is 3.25. The van der Waals surface area contributed by atoms with Gasteiger partial charge in [-0.2, -0.15) is 0 Å². The van der Waals surface area contributed by atoms with E-state index in [1.54, 1.807) is 26.1 Å². The van der Waals surface area contributed by atoms with Crippen molar-refractivity contribution in [1.29, 1.82) is 0 Å². The lowest BCUT2D eigenvalue weighted by atomic mass is 9.53. The van der Waals surface area contributed by atoms with Crippen LogP contribution in [0.1, 0.15) is 110 Å². The van der Waals surface area contributed by atoms with Gasteiger partial charge in [0.1, 0.15) is 29.0 Å². The van der Waals surface area contributed by atoms with Gasteiger partial charge >= 0.3 is 11.9 Å². The molecule has 2 saturated carbocycles. The molecule has 10 bridgehead atoms. The summed E-state index contributed by atoms with van der Waals surface area (Å²) in [6.45, 7) is 4.15. The van der Waals surface area contributed by atoms with Gasteiger partial charge in [-0.3, -0.25) is 9.59 Å². The maximum absolute atomic E-state index is 15.2. The third-order valence-electron chi connectivity index (χ3n) is 14.3. The third-order valence-corrected chi connectivity index (χ3v) is 14.3. The van der Waals surface area contributed by atoms with Crippen molar-refractivity contribution in [2.24, 2.45) is 23.7 Å². The Morgan fingerprint density at radius 2 is 1.68 bits per heavy atom. The van der Waals surface area contributed by atoms with Crippen molar-refractivity contribution in [3.05, 3.63) is 99.6 Å². The second-order valence-electron chi connectivity index (χ2n) is 18.5. The number of nitrogens with one attached hydrogen (secondary N) is 2. The number of aromatic hydroxyl groups is 1. The van der Waals surface area contributed by atoms with Crippen LogP contribution in [0.2, 0.25) is 0 Å². The Hall–Kier alpha value is -5.03. The van der Waals surface area contributed by atoms with Crippen LogP contribution in [0.4, 0.5) is 5.69 Å². The van der Waals surface area contributed by atoms with Gasteiger partial charge in [0.15, 0.2) is 0 Å². The molecule has 0 saturated heterocycles. The maximum atomic E-state index is 15.2. The van der Waals surface area contributed by atoms with Gasteiger partial charge in [-0.1, -0.05) is 55.5 Å². The van der Waals surface area contributed by atoms with E-state index in [0.717, 1.165) is 17.5 Å². The van der Waals surface area contributed by atoms with E-state index in [2.05, 4.69) is 22.5 Å². The number of hydrogen-bond acceptors (Lipinski definition) is 12. The van der Waals surface area contributed by atoms with Crippen LogP contribution in [-0.4, -0.2) is 87.3 Å². The summed E-state index contributed by atoms with van der Waals surface area (Å²) in [6, 6.07) is 16.5. The maximum Gasteiger partial charge on any atom is 0.334 e. The van der Waals surface area contributed by atoms with Gasteiger partial charge in [0.2, 0.25) is 0 Å². The van der Waals surface area contributed by atoms with Gasteiger partial charge in [-0.25, -0.2) is 4.79 Å². The van der Waals surface area contributed by atoms with Crippen LogP contribution in [0.15, 0.2) is 66.2 Å². The average molecular weight is 861 g/mol. The molecule has 3 aliphatic heterocycles. The highest BCUT2D eigenvalue weighted by Crippen LogP contribution is 2.54. The van der Waals surface area contributed by atoms with Crippen LogP contribution in [-0.2, 0) is 38.4 Å². The van der Waals surface area contributed by atoms with E-state index >= 15 is 4.79 Å². The Bertz CT molecular complexity index is 2330. The molecule has 8 rings (SSSR count). The first-order chi connectivity index (χ1) is 30.2. The zero-order chi connectivity index (χ0) is 44.6. The number of phenols is 1. The molecule has 0 amide bonds. The largest absolute Gasteiger partial charge is 0.508 e. The number of fused-ring (bicyclic) bond motifs is 7. The van der Waals surface area contributed by atoms with E-state index in [-0.39, 0.29) is 85.8 Å². The first-order valence-corrected chi connectivity index (χ1v) is 22.6. The second-order valence-corrected chi connectivity index (χ2v) is 18.5. The molecule has 0 unspecified atom stereocenters. The van der Waals surface area contributed by atoms with E-state index in [1.165, 1.54) is 12.1 Å². The zero-order valence-corrected chi connectivity index (χ0v) is 36.3. The van der Waals surface area contributed by atoms with E-state index in [0.29, 0.717) is 53.6 Å². The SMILES string of the molecule is CC[C@H]1CC[C@@H]2[C@@H]3Cc4cccc(c4)C[C@H](O)/C=C4/C[C@H](c5cc(NC[C@H](C)O)cc([C@@H](O)CNC)c5)C#C[C@@H]5CC(=O)Oc6cc(O)c(cc65)C[C@@H](OC4=O)[C@@]1(O)[C@H]2CCC3=O. The highest BCUT2D eigenvalue weighted by atomic mass is 16.6. The summed E-state index contributed by atoms with van der Waals surface area (Å²) < 4.78 is 12.3. The molecule has 63 heavy (non-hydrogen) atoms. The molecule has 5 aliphatic rings. The predicted molar refractivity (Wildman–Crippen MR) is 236 cm³/mol. The Morgan fingerprint density at radius 1 is 0.905 bits per heavy atom. The smallest absolute Gasteiger partial charge is 0.334 e. The summed E-state index contributed by atoms with van der Waals surface area (Å²) in [4.78, 5) is 42.1. The molecule has 0 radical (unpaired) electrons. The summed E-state index contributed by atoms with van der Waals surface area (Å²) in [5.74, 6) is 2.94. The molecule has 3 aromatic carbocycles. The number of carbonyl (C=O) groups is 3. The Kier molecular flexibility index (Phi) is 13.2. The van der Waals surface area contributed by atoms with Crippen molar-refractivity contribution in [2.45, 2.75) is 120 Å². The van der Waals surface area contributed by atoms with Crippen molar-refractivity contribution >= 4 is 23.4 Å². The topological polar surface area (TPSA) is 195 Å². The minimum Gasteiger partial charge on any atom is -0.508 e. The molecule has 11 atom stereocenters. The first kappa shape index (κ1) is 44.6. The molecular weight excluding hydrogens is 801 g/mol. The third kappa shape index (κ3) is 9.31. The number of aliphatic hydroxyl groups is 4. The lowest BCUT2D eigenvalue weighted by Crippen LogP contribution is -2.63. The summed E-state index contributed by atoms with van der Waals surface area (Å²) in [7, 11) is 1.74. The van der Waals surface area contributed by atoms with Crippen molar-refractivity contribution in [3.8, 4) is 23.3 Å². The van der Waals surface area contributed by atoms with Gasteiger partial charge in [0, 0.05) is 67.1 Å². The number of hydrogen-bond donors (Lipinski definition) is 7. The van der Waals surface area contributed by atoms with Crippen LogP contribution in [0.5, 0.6) is 11.5 Å². The summed E-state index contributed by atoms with van der Waals surface area (Å²) in [6.07, 6.45) is 0.674. The normalized spacial score (nSPS) is 31.1. The van der Waals surface area contributed by atoms with Gasteiger partial charge < -0.3 is 45.6 Å². The van der Waals surface area contributed by atoms with Crippen LogP contribution in [0.3, 0.4) is 0 Å². The monoisotopic (exact) mass is 860 g/mol. The Balaban J connectivity index is 1.35. The van der Waals surface area contributed by atoms with Crippen LogP contribution in [0, 0.1) is 35.5 Å². The fourth-order valence-electron chi connectivity index (χ4n) is 11.2. The van der Waals surface area contributed by atoms with E-state index in [1.807, 2.05) is 43.3 Å². The number of esters is 2.